The minimum Gasteiger partial charge on any atom is -0.387 e. The molecule has 6 rings (SSSR count). The molecule has 0 saturated carbocycles. The van der Waals surface area contributed by atoms with Gasteiger partial charge >= 0.3 is 13.5 Å². The van der Waals surface area contributed by atoms with Crippen molar-refractivity contribution in [2.75, 3.05) is 24.7 Å². The molecule has 0 radical (unpaired) electrons. The van der Waals surface area contributed by atoms with E-state index in [0.717, 1.165) is 0 Å². The molecule has 0 amide bonds. The summed E-state index contributed by atoms with van der Waals surface area (Å²) in [6.45, 7) is -9.03. The molecule has 19 nitrogen and oxygen atoms in total. The summed E-state index contributed by atoms with van der Waals surface area (Å²) in [4.78, 5) is 45.9. The monoisotopic (exact) mass is 648 g/mol. The molecule has 220 valence electrons. The topological polar surface area (TPSA) is 263 Å². The van der Waals surface area contributed by atoms with Gasteiger partial charge in [-0.1, -0.05) is 12.2 Å². The Bertz CT molecular complexity index is 1800. The molecule has 41 heavy (non-hydrogen) atoms. The van der Waals surface area contributed by atoms with Gasteiger partial charge in [0.1, 0.15) is 37.1 Å². The zero-order valence-corrected chi connectivity index (χ0v) is 24.1. The molecule has 1 fully saturated rings. The van der Waals surface area contributed by atoms with E-state index >= 15 is 0 Å². The van der Waals surface area contributed by atoms with E-state index in [0.29, 0.717) is 5.65 Å². The van der Waals surface area contributed by atoms with Crippen molar-refractivity contribution >= 4 is 71.7 Å². The number of fused-ring (bicyclic) bond motifs is 6. The molecule has 4 aromatic rings. The number of anilines is 2. The molecule has 2 aliphatic rings. The average Bonchev–Trinajstić information content (AvgIpc) is 3.56. The fourth-order valence-corrected chi connectivity index (χ4v) is 6.95. The van der Waals surface area contributed by atoms with Gasteiger partial charge in [0.15, 0.2) is 34.4 Å². The minimum absolute atomic E-state index is 0.00837. The number of aromatic nitrogens is 8. The van der Waals surface area contributed by atoms with Crippen molar-refractivity contribution in [2.24, 2.45) is 0 Å². The van der Waals surface area contributed by atoms with Crippen molar-refractivity contribution in [3.63, 3.8) is 0 Å². The van der Waals surface area contributed by atoms with Crippen LogP contribution in [0.5, 0.6) is 0 Å². The van der Waals surface area contributed by atoms with Crippen LogP contribution in [0.15, 0.2) is 17.4 Å². The summed E-state index contributed by atoms with van der Waals surface area (Å²) in [5.74, 6) is 0.0870. The van der Waals surface area contributed by atoms with E-state index in [9.17, 15) is 19.4 Å². The summed E-state index contributed by atoms with van der Waals surface area (Å²) in [6, 6.07) is 0. The Kier molecular flexibility index (Phi) is 7.40. The van der Waals surface area contributed by atoms with Crippen LogP contribution in [-0.4, -0.2) is 80.6 Å². The van der Waals surface area contributed by atoms with Gasteiger partial charge in [-0.15, -0.1) is 0 Å². The number of nitrogens with zero attached hydrogens (tertiary/aromatic N) is 7. The minimum atomic E-state index is -4.26. The molecule has 6 heterocycles. The maximum Gasteiger partial charge on any atom is 0.387 e. The number of H-pyrrole nitrogens is 1. The molecule has 4 aromatic heterocycles. The van der Waals surface area contributed by atoms with Gasteiger partial charge in [0.2, 0.25) is 5.95 Å². The molecule has 6 atom stereocenters. The smallest absolute Gasteiger partial charge is 0.387 e. The summed E-state index contributed by atoms with van der Waals surface area (Å²) in [5.41, 5.74) is 11.5. The number of aliphatic hydroxyl groups is 1. The summed E-state index contributed by atoms with van der Waals surface area (Å²) in [5, 5.41) is 11.1. The molecular weight excluding hydrogens is 626 g/mol. The molecule has 7 N–H and O–H groups in total. The zero-order valence-electron chi connectivity index (χ0n) is 20.6. The Morgan fingerprint density at radius 3 is 2.76 bits per heavy atom. The number of thiol groups is 1. The number of rotatable bonds is 1. The summed E-state index contributed by atoms with van der Waals surface area (Å²) in [6.07, 6.45) is -2.98. The van der Waals surface area contributed by atoms with Crippen molar-refractivity contribution in [3.8, 4) is 0 Å². The Labute approximate surface area is 239 Å². The first-order valence-electron chi connectivity index (χ1n) is 11.7. The van der Waals surface area contributed by atoms with Crippen LogP contribution in [-0.2, 0) is 52.4 Å². The molecule has 0 spiro atoms. The first-order valence-corrected chi connectivity index (χ1v) is 17.0. The van der Waals surface area contributed by atoms with E-state index in [2.05, 4.69) is 42.2 Å². The van der Waals surface area contributed by atoms with E-state index in [4.69, 9.17) is 46.1 Å². The molecule has 0 aliphatic carbocycles. The highest BCUT2D eigenvalue weighted by molar-refractivity contribution is 8.44. The lowest BCUT2D eigenvalue weighted by Gasteiger charge is -2.24. The molecule has 0 aromatic carbocycles. The van der Waals surface area contributed by atoms with E-state index in [-0.39, 0.29) is 47.4 Å². The van der Waals surface area contributed by atoms with Crippen molar-refractivity contribution in [2.45, 2.75) is 37.7 Å². The lowest BCUT2D eigenvalue weighted by molar-refractivity contribution is -0.0476. The third-order valence-corrected chi connectivity index (χ3v) is 9.47. The van der Waals surface area contributed by atoms with Crippen molar-refractivity contribution in [1.82, 2.24) is 39.0 Å². The van der Waals surface area contributed by atoms with Crippen LogP contribution in [0.25, 0.3) is 22.3 Å². The second-order valence-electron chi connectivity index (χ2n) is 8.85. The Hall–Kier alpha value is -2.55. The maximum absolute atomic E-state index is 13.4. The third kappa shape index (κ3) is 5.51. The normalized spacial score (nSPS) is 31.6. The number of nitrogens with one attached hydrogen (secondary N) is 1. The Morgan fingerprint density at radius 1 is 1.15 bits per heavy atom. The first kappa shape index (κ1) is 28.6. The van der Waals surface area contributed by atoms with Gasteiger partial charge < -0.3 is 39.8 Å². The summed E-state index contributed by atoms with van der Waals surface area (Å²) < 4.78 is 44.3. The quantitative estimate of drug-likeness (QED) is 0.113. The predicted molar refractivity (Wildman–Crippen MR) is 147 cm³/mol. The number of ether oxygens (including phenoxy) is 1. The maximum atomic E-state index is 13.4. The van der Waals surface area contributed by atoms with Gasteiger partial charge in [0.25, 0.3) is 5.56 Å². The second-order valence-corrected chi connectivity index (χ2v) is 14.6. The summed E-state index contributed by atoms with van der Waals surface area (Å²) in [7, 11) is 0. The third-order valence-electron chi connectivity index (χ3n) is 6.26. The predicted octanol–water partition coefficient (Wildman–Crippen LogP) is -0.415. The zero-order chi connectivity index (χ0) is 29.1. The van der Waals surface area contributed by atoms with Gasteiger partial charge in [-0.3, -0.25) is 23.4 Å². The summed E-state index contributed by atoms with van der Waals surface area (Å²) >= 11 is 9.22. The SMILES string of the molecule is Nc1nc2c(ncn2[C@@H]2O[C@@H]3COP(O)(=S)OCCn4c(nc5c(N)ncnc54)COP(=O)(S)O[C@@H]2[C@@H]3O)c(=O)[nH]1. The number of aliphatic hydroxyl groups excluding tert-OH is 1. The standard InChI is InChI=1S/C18H22N10O9P2S2/c19-13-9-14(22-5-21-13)27-1-2-33-38(31,40)34-3-7-11(29)12(37-39(32,41)35-4-8(27)24-9)17(36-7)28-6-23-10-15(28)25-18(20)26-16(10)30/h5-7,11-12,17,29H,1-4H2,(H,31,40)(H,32,41)(H2,19,21,22)(H3,20,25,26,30)/t7-,11-,12-,17-,38?,39?/m1/s1. The lowest BCUT2D eigenvalue weighted by atomic mass is 10.1. The fraction of sp³-hybridized carbons (Fsp3) is 0.444. The highest BCUT2D eigenvalue weighted by Crippen LogP contribution is 2.57. The number of nitrogen functional groups attached to an aromatic ring is 2. The van der Waals surface area contributed by atoms with Crippen molar-refractivity contribution in [3.05, 3.63) is 28.8 Å². The van der Waals surface area contributed by atoms with Gasteiger partial charge in [-0.25, -0.2) is 24.5 Å². The number of imidazole rings is 2. The van der Waals surface area contributed by atoms with Crippen LogP contribution in [0.2, 0.25) is 0 Å². The number of nitrogens with two attached hydrogens (primary N) is 2. The average molecular weight is 649 g/mol. The van der Waals surface area contributed by atoms with Gasteiger partial charge in [-0.05, 0) is 11.8 Å². The van der Waals surface area contributed by atoms with Crippen molar-refractivity contribution < 1.29 is 37.4 Å². The molecule has 1 saturated heterocycles. The highest BCUT2D eigenvalue weighted by Gasteiger charge is 2.49. The Balaban J connectivity index is 1.39. The van der Waals surface area contributed by atoms with E-state index in [1.54, 1.807) is 4.57 Å². The van der Waals surface area contributed by atoms with Crippen LogP contribution in [0.1, 0.15) is 12.1 Å². The van der Waals surface area contributed by atoms with Crippen LogP contribution in [0.4, 0.5) is 11.8 Å². The molecule has 23 heteroatoms. The number of hydrogen-bond donors (Lipinski definition) is 6. The fourth-order valence-electron chi connectivity index (χ4n) is 4.44. The number of aromatic amines is 1. The van der Waals surface area contributed by atoms with Crippen LogP contribution >= 0.6 is 25.8 Å². The molecule has 2 bridgehead atoms. The number of hydrogen-bond acceptors (Lipinski definition) is 16. The van der Waals surface area contributed by atoms with Crippen LogP contribution in [0.3, 0.4) is 0 Å². The van der Waals surface area contributed by atoms with Crippen LogP contribution < -0.4 is 17.0 Å². The lowest BCUT2D eigenvalue weighted by Crippen LogP contribution is -2.35. The van der Waals surface area contributed by atoms with Gasteiger partial charge in [-0.2, -0.15) is 4.98 Å². The van der Waals surface area contributed by atoms with Gasteiger partial charge in [0.05, 0.1) is 19.5 Å². The van der Waals surface area contributed by atoms with Crippen LogP contribution in [0, 0.1) is 0 Å². The first-order chi connectivity index (χ1) is 19.4. The van der Waals surface area contributed by atoms with E-state index in [1.165, 1.54) is 17.2 Å². The molecule has 2 aliphatic heterocycles. The molecular formula is C18H22N10O9P2S2. The van der Waals surface area contributed by atoms with E-state index in [1.807, 2.05) is 0 Å². The van der Waals surface area contributed by atoms with E-state index < -0.39 is 56.8 Å². The van der Waals surface area contributed by atoms with Gasteiger partial charge in [0, 0.05) is 6.54 Å². The molecule has 2 unspecified atom stereocenters. The van der Waals surface area contributed by atoms with Crippen molar-refractivity contribution in [1.29, 1.82) is 0 Å². The largest absolute Gasteiger partial charge is 0.387 e. The highest BCUT2D eigenvalue weighted by atomic mass is 32.7. The Morgan fingerprint density at radius 2 is 1.95 bits per heavy atom. The second kappa shape index (κ2) is 10.6.